The third kappa shape index (κ3) is 4.70. The maximum atomic E-state index is 13.0. The van der Waals surface area contributed by atoms with Crippen LogP contribution in [0.4, 0.5) is 18.9 Å². The molecule has 1 aromatic rings. The summed E-state index contributed by atoms with van der Waals surface area (Å²) >= 11 is 0. The Hall–Kier alpha value is -2.18. The maximum Gasteiger partial charge on any atom is 0.431 e. The molecule has 21 heavy (non-hydrogen) atoms. The maximum absolute atomic E-state index is 13.0. The first kappa shape index (κ1) is 16.9. The highest BCUT2D eigenvalue weighted by atomic mass is 19.4. The Kier molecular flexibility index (Phi) is 5.63. The van der Waals surface area contributed by atoms with Crippen LogP contribution in [0.5, 0.6) is 5.75 Å². The molecule has 0 aliphatic heterocycles. The molecule has 0 aliphatic rings. The molecule has 0 saturated heterocycles. The second-order valence-electron chi connectivity index (χ2n) is 4.07. The summed E-state index contributed by atoms with van der Waals surface area (Å²) in [4.78, 5) is 11.5. The van der Waals surface area contributed by atoms with Gasteiger partial charge < -0.3 is 14.8 Å². The molecule has 0 bridgehead atoms. The van der Waals surface area contributed by atoms with E-state index >= 15 is 0 Å². The molecule has 7 heteroatoms. The molecule has 0 spiro atoms. The van der Waals surface area contributed by atoms with E-state index in [2.05, 4.69) is 10.1 Å². The average Bonchev–Trinajstić information content (AvgIpc) is 2.43. The van der Waals surface area contributed by atoms with Crippen LogP contribution in [0.1, 0.15) is 13.8 Å². The lowest BCUT2D eigenvalue weighted by Gasteiger charge is -2.17. The molecule has 0 aliphatic carbocycles. The zero-order chi connectivity index (χ0) is 16.0. The Labute approximate surface area is 120 Å². The van der Waals surface area contributed by atoms with Crippen molar-refractivity contribution in [1.82, 2.24) is 0 Å². The number of hydrogen-bond acceptors (Lipinski definition) is 4. The molecular weight excluding hydrogens is 287 g/mol. The van der Waals surface area contributed by atoms with Gasteiger partial charge in [-0.15, -0.1) is 0 Å². The predicted molar refractivity (Wildman–Crippen MR) is 72.0 cm³/mol. The van der Waals surface area contributed by atoms with Gasteiger partial charge >= 0.3 is 12.1 Å². The van der Waals surface area contributed by atoms with Crippen molar-refractivity contribution in [3.05, 3.63) is 35.5 Å². The van der Waals surface area contributed by atoms with Gasteiger partial charge in [-0.3, -0.25) is 0 Å². The number of ether oxygens (including phenoxy) is 2. The van der Waals surface area contributed by atoms with Crippen LogP contribution >= 0.6 is 0 Å². The molecule has 0 aromatic heterocycles. The number of carbonyl (C=O) groups excluding carboxylic acids is 1. The highest BCUT2D eigenvalue weighted by molar-refractivity contribution is 5.89. The van der Waals surface area contributed by atoms with Crippen LogP contribution < -0.4 is 10.1 Å². The lowest BCUT2D eigenvalue weighted by Crippen LogP contribution is -2.24. The van der Waals surface area contributed by atoms with Crippen molar-refractivity contribution in [1.29, 1.82) is 0 Å². The number of alkyl halides is 3. The van der Waals surface area contributed by atoms with Crippen LogP contribution in [-0.4, -0.2) is 25.9 Å². The van der Waals surface area contributed by atoms with Gasteiger partial charge in [0.2, 0.25) is 0 Å². The standard InChI is InChI=1S/C14H16F3NO3/c1-4-21-13(19)9(2)12(14(15,16)17)18-10-5-7-11(20-3)8-6-10/h5-8,18H,4H2,1-3H3/b12-9-. The number of allylic oxidation sites excluding steroid dienone is 1. The summed E-state index contributed by atoms with van der Waals surface area (Å²) in [6, 6.07) is 5.86. The van der Waals surface area contributed by atoms with Crippen molar-refractivity contribution in [2.45, 2.75) is 20.0 Å². The lowest BCUT2D eigenvalue weighted by atomic mass is 10.2. The molecule has 0 radical (unpaired) electrons. The summed E-state index contributed by atoms with van der Waals surface area (Å²) in [6.07, 6.45) is -4.70. The average molecular weight is 303 g/mol. The fourth-order valence-electron chi connectivity index (χ4n) is 1.54. The van der Waals surface area contributed by atoms with Gasteiger partial charge in [-0.2, -0.15) is 13.2 Å². The van der Waals surface area contributed by atoms with Crippen LogP contribution in [-0.2, 0) is 9.53 Å². The Bertz CT molecular complexity index is 521. The predicted octanol–water partition coefficient (Wildman–Crippen LogP) is 3.51. The number of benzene rings is 1. The highest BCUT2D eigenvalue weighted by Crippen LogP contribution is 2.30. The van der Waals surface area contributed by atoms with Crippen molar-refractivity contribution >= 4 is 11.7 Å². The number of halogens is 3. The van der Waals surface area contributed by atoms with Crippen molar-refractivity contribution in [3.8, 4) is 5.75 Å². The van der Waals surface area contributed by atoms with Crippen molar-refractivity contribution in [2.75, 3.05) is 19.0 Å². The lowest BCUT2D eigenvalue weighted by molar-refractivity contribution is -0.139. The normalized spacial score (nSPS) is 12.5. The fraction of sp³-hybridized carbons (Fsp3) is 0.357. The summed E-state index contributed by atoms with van der Waals surface area (Å²) in [6.45, 7) is 2.59. The van der Waals surface area contributed by atoms with E-state index in [4.69, 9.17) is 4.74 Å². The van der Waals surface area contributed by atoms with Crippen LogP contribution in [0.15, 0.2) is 35.5 Å². The van der Waals surface area contributed by atoms with E-state index in [9.17, 15) is 18.0 Å². The summed E-state index contributed by atoms with van der Waals surface area (Å²) in [5.74, 6) is -0.494. The molecule has 1 aromatic carbocycles. The van der Waals surface area contributed by atoms with Crippen molar-refractivity contribution in [3.63, 3.8) is 0 Å². The van der Waals surface area contributed by atoms with Crippen LogP contribution in [0, 0.1) is 0 Å². The van der Waals surface area contributed by atoms with Gasteiger partial charge in [0, 0.05) is 5.69 Å². The number of rotatable bonds is 5. The zero-order valence-electron chi connectivity index (χ0n) is 11.9. The topological polar surface area (TPSA) is 47.6 Å². The number of nitrogens with one attached hydrogen (secondary N) is 1. The van der Waals surface area contributed by atoms with Gasteiger partial charge in [0.25, 0.3) is 0 Å². The summed E-state index contributed by atoms with van der Waals surface area (Å²) in [5, 5.41) is 2.21. The molecule has 116 valence electrons. The molecule has 1 N–H and O–H groups in total. The van der Waals surface area contributed by atoms with Crippen molar-refractivity contribution < 1.29 is 27.4 Å². The first-order valence-electron chi connectivity index (χ1n) is 6.15. The molecule has 4 nitrogen and oxygen atoms in total. The van der Waals surface area contributed by atoms with E-state index in [0.29, 0.717) is 5.75 Å². The number of hydrogen-bond donors (Lipinski definition) is 1. The Morgan fingerprint density at radius 2 is 1.81 bits per heavy atom. The Balaban J connectivity index is 3.09. The molecule has 0 heterocycles. The second kappa shape index (κ2) is 7.01. The van der Waals surface area contributed by atoms with Gasteiger partial charge in [-0.05, 0) is 38.1 Å². The first-order valence-corrected chi connectivity index (χ1v) is 6.15. The molecule has 0 saturated carbocycles. The quantitative estimate of drug-likeness (QED) is 0.668. The summed E-state index contributed by atoms with van der Waals surface area (Å²) < 4.78 is 48.7. The number of esters is 1. The fourth-order valence-corrected chi connectivity index (χ4v) is 1.54. The first-order chi connectivity index (χ1) is 9.79. The van der Waals surface area contributed by atoms with Gasteiger partial charge in [-0.1, -0.05) is 0 Å². The molecule has 0 fully saturated rings. The monoisotopic (exact) mass is 303 g/mol. The number of methoxy groups -OCH3 is 1. The van der Waals surface area contributed by atoms with E-state index in [1.54, 1.807) is 0 Å². The number of carbonyl (C=O) groups is 1. The number of anilines is 1. The molecule has 0 unspecified atom stereocenters. The minimum Gasteiger partial charge on any atom is -0.497 e. The summed E-state index contributed by atoms with van der Waals surface area (Å²) in [5.41, 5.74) is -1.49. The second-order valence-corrected chi connectivity index (χ2v) is 4.07. The molecule has 1 rings (SSSR count). The Morgan fingerprint density at radius 1 is 1.24 bits per heavy atom. The highest BCUT2D eigenvalue weighted by Gasteiger charge is 2.37. The molecule has 0 amide bonds. The van der Waals surface area contributed by atoms with Crippen LogP contribution in [0.3, 0.4) is 0 Å². The largest absolute Gasteiger partial charge is 0.497 e. The molecular formula is C14H16F3NO3. The van der Waals surface area contributed by atoms with Crippen LogP contribution in [0.25, 0.3) is 0 Å². The van der Waals surface area contributed by atoms with E-state index in [-0.39, 0.29) is 12.3 Å². The SMILES string of the molecule is CCOC(=O)/C(C)=C(\Nc1ccc(OC)cc1)C(F)(F)F. The van der Waals surface area contributed by atoms with Gasteiger partial charge in [0.1, 0.15) is 11.4 Å². The van der Waals surface area contributed by atoms with Gasteiger partial charge in [0.05, 0.1) is 19.3 Å². The minimum absolute atomic E-state index is 0.00382. The molecule has 0 atom stereocenters. The third-order valence-electron chi connectivity index (χ3n) is 2.60. The smallest absolute Gasteiger partial charge is 0.431 e. The minimum atomic E-state index is -4.70. The van der Waals surface area contributed by atoms with Gasteiger partial charge in [0.15, 0.2) is 0 Å². The van der Waals surface area contributed by atoms with Crippen LogP contribution in [0.2, 0.25) is 0 Å². The summed E-state index contributed by atoms with van der Waals surface area (Å²) in [7, 11) is 1.45. The van der Waals surface area contributed by atoms with E-state index in [1.807, 2.05) is 0 Å². The van der Waals surface area contributed by atoms with E-state index in [1.165, 1.54) is 38.3 Å². The van der Waals surface area contributed by atoms with Gasteiger partial charge in [-0.25, -0.2) is 4.79 Å². The van der Waals surface area contributed by atoms with E-state index < -0.39 is 23.4 Å². The zero-order valence-corrected chi connectivity index (χ0v) is 11.9. The Morgan fingerprint density at radius 3 is 2.24 bits per heavy atom. The third-order valence-corrected chi connectivity index (χ3v) is 2.60. The van der Waals surface area contributed by atoms with E-state index in [0.717, 1.165) is 6.92 Å². The van der Waals surface area contributed by atoms with Crippen molar-refractivity contribution in [2.24, 2.45) is 0 Å².